The lowest BCUT2D eigenvalue weighted by Crippen LogP contribution is -2.07. The lowest BCUT2D eigenvalue weighted by atomic mass is 10.1. The second-order valence-corrected chi connectivity index (χ2v) is 4.15. The van der Waals surface area contributed by atoms with Gasteiger partial charge in [0.05, 0.1) is 0 Å². The van der Waals surface area contributed by atoms with Gasteiger partial charge in [0.15, 0.2) is 5.82 Å². The molecule has 0 spiro atoms. The first-order valence-corrected chi connectivity index (χ1v) is 5.78. The third-order valence-corrected chi connectivity index (χ3v) is 2.13. The molecule has 1 aromatic rings. The van der Waals surface area contributed by atoms with Crippen molar-refractivity contribution in [2.75, 3.05) is 19.0 Å². The lowest BCUT2D eigenvalue weighted by Gasteiger charge is -2.09. The zero-order valence-electron chi connectivity index (χ0n) is 10.6. The second-order valence-electron chi connectivity index (χ2n) is 4.15. The average molecular weight is 223 g/mol. The summed E-state index contributed by atoms with van der Waals surface area (Å²) in [6, 6.07) is 2.00. The molecule has 0 amide bonds. The maximum absolute atomic E-state index is 5.33. The molecule has 0 radical (unpaired) electrons. The molecule has 0 bridgehead atoms. The monoisotopic (exact) mass is 223 g/mol. The number of anilines is 1. The Morgan fingerprint density at radius 3 is 2.69 bits per heavy atom. The summed E-state index contributed by atoms with van der Waals surface area (Å²) in [6.07, 6.45) is 0.969. The van der Waals surface area contributed by atoms with Crippen molar-refractivity contribution >= 4 is 5.82 Å². The van der Waals surface area contributed by atoms with Gasteiger partial charge >= 0.3 is 0 Å². The van der Waals surface area contributed by atoms with E-state index in [0.29, 0.717) is 19.1 Å². The number of hydrogen-bond donors (Lipinski definition) is 1. The van der Waals surface area contributed by atoms with E-state index < -0.39 is 0 Å². The number of hydrogen-bond acceptors (Lipinski definition) is 4. The molecule has 16 heavy (non-hydrogen) atoms. The van der Waals surface area contributed by atoms with Crippen molar-refractivity contribution < 1.29 is 4.74 Å². The van der Waals surface area contributed by atoms with Gasteiger partial charge in [0.2, 0.25) is 0 Å². The third-order valence-electron chi connectivity index (χ3n) is 2.13. The Balaban J connectivity index is 2.82. The van der Waals surface area contributed by atoms with Crippen molar-refractivity contribution in [1.29, 1.82) is 0 Å². The van der Waals surface area contributed by atoms with Crippen molar-refractivity contribution in [2.24, 2.45) is 5.92 Å². The van der Waals surface area contributed by atoms with Gasteiger partial charge in [0, 0.05) is 25.4 Å². The van der Waals surface area contributed by atoms with E-state index in [4.69, 9.17) is 4.74 Å². The summed E-state index contributed by atoms with van der Waals surface area (Å²) >= 11 is 0. The standard InChI is InChI=1S/C12H21N3O/c1-5-16-8-12-14-10(6-9(2)3)7-11(13-4)15-12/h7,9H,5-6,8H2,1-4H3,(H,13,14,15). The Morgan fingerprint density at radius 1 is 1.38 bits per heavy atom. The number of rotatable bonds is 6. The van der Waals surface area contributed by atoms with E-state index in [9.17, 15) is 0 Å². The molecular formula is C12H21N3O. The summed E-state index contributed by atoms with van der Waals surface area (Å²) in [7, 11) is 1.87. The van der Waals surface area contributed by atoms with E-state index in [1.54, 1.807) is 0 Å². The SMILES string of the molecule is CCOCc1nc(CC(C)C)cc(NC)n1. The van der Waals surface area contributed by atoms with Crippen LogP contribution in [0.25, 0.3) is 0 Å². The molecule has 0 aromatic carbocycles. The number of nitrogens with one attached hydrogen (secondary N) is 1. The van der Waals surface area contributed by atoms with Gasteiger partial charge in [-0.05, 0) is 19.3 Å². The smallest absolute Gasteiger partial charge is 0.156 e. The van der Waals surface area contributed by atoms with Crippen LogP contribution in [-0.2, 0) is 17.8 Å². The minimum Gasteiger partial charge on any atom is -0.374 e. The van der Waals surface area contributed by atoms with Crippen molar-refractivity contribution in [3.8, 4) is 0 Å². The number of ether oxygens (including phenoxy) is 1. The number of aromatic nitrogens is 2. The fourth-order valence-corrected chi connectivity index (χ4v) is 1.46. The fraction of sp³-hybridized carbons (Fsp3) is 0.667. The molecule has 0 saturated heterocycles. The highest BCUT2D eigenvalue weighted by atomic mass is 16.5. The highest BCUT2D eigenvalue weighted by molar-refractivity contribution is 5.35. The normalized spacial score (nSPS) is 10.8. The molecule has 0 aliphatic rings. The van der Waals surface area contributed by atoms with Crippen molar-refractivity contribution in [3.05, 3.63) is 17.6 Å². The summed E-state index contributed by atoms with van der Waals surface area (Å²) in [4.78, 5) is 8.83. The van der Waals surface area contributed by atoms with Gasteiger partial charge in [-0.2, -0.15) is 0 Å². The van der Waals surface area contributed by atoms with Gasteiger partial charge in [-0.3, -0.25) is 0 Å². The Labute approximate surface area is 97.5 Å². The first-order valence-electron chi connectivity index (χ1n) is 5.78. The largest absolute Gasteiger partial charge is 0.374 e. The van der Waals surface area contributed by atoms with Gasteiger partial charge in [-0.15, -0.1) is 0 Å². The summed E-state index contributed by atoms with van der Waals surface area (Å²) in [5, 5.41) is 3.05. The number of nitrogens with zero attached hydrogens (tertiary/aromatic N) is 2. The van der Waals surface area contributed by atoms with Crippen molar-refractivity contribution in [3.63, 3.8) is 0 Å². The Hall–Kier alpha value is -1.16. The van der Waals surface area contributed by atoms with Crippen molar-refractivity contribution in [2.45, 2.75) is 33.8 Å². The molecule has 0 aliphatic carbocycles. The first-order chi connectivity index (χ1) is 7.65. The van der Waals surface area contributed by atoms with E-state index in [-0.39, 0.29) is 0 Å². The third kappa shape index (κ3) is 4.14. The highest BCUT2D eigenvalue weighted by Gasteiger charge is 2.05. The van der Waals surface area contributed by atoms with Crippen LogP contribution in [0.2, 0.25) is 0 Å². The van der Waals surface area contributed by atoms with Crippen LogP contribution < -0.4 is 5.32 Å². The van der Waals surface area contributed by atoms with Gasteiger partial charge < -0.3 is 10.1 Å². The predicted octanol–water partition coefficient (Wildman–Crippen LogP) is 2.25. The average Bonchev–Trinajstić information content (AvgIpc) is 2.25. The molecule has 1 aromatic heterocycles. The Kier molecular flexibility index (Phi) is 5.19. The van der Waals surface area contributed by atoms with Gasteiger partial charge in [0.1, 0.15) is 12.4 Å². The maximum atomic E-state index is 5.33. The van der Waals surface area contributed by atoms with Crippen LogP contribution in [0.3, 0.4) is 0 Å². The predicted molar refractivity (Wildman–Crippen MR) is 65.5 cm³/mol. The summed E-state index contributed by atoms with van der Waals surface area (Å²) in [5.74, 6) is 2.21. The van der Waals surface area contributed by atoms with E-state index in [2.05, 4.69) is 29.1 Å². The zero-order chi connectivity index (χ0) is 12.0. The summed E-state index contributed by atoms with van der Waals surface area (Å²) in [6.45, 7) is 7.51. The molecule has 0 atom stereocenters. The molecular weight excluding hydrogens is 202 g/mol. The maximum Gasteiger partial charge on any atom is 0.156 e. The summed E-state index contributed by atoms with van der Waals surface area (Å²) in [5.41, 5.74) is 1.07. The van der Waals surface area contributed by atoms with Crippen LogP contribution in [0, 0.1) is 5.92 Å². The van der Waals surface area contributed by atoms with Crippen LogP contribution >= 0.6 is 0 Å². The van der Waals surface area contributed by atoms with Crippen LogP contribution in [0.1, 0.15) is 32.3 Å². The molecule has 0 saturated carbocycles. The van der Waals surface area contributed by atoms with E-state index in [1.807, 2.05) is 20.0 Å². The molecule has 0 fully saturated rings. The molecule has 1 N–H and O–H groups in total. The minimum atomic E-state index is 0.483. The Morgan fingerprint density at radius 2 is 2.12 bits per heavy atom. The molecule has 4 nitrogen and oxygen atoms in total. The molecule has 1 heterocycles. The fourth-order valence-electron chi connectivity index (χ4n) is 1.46. The van der Waals surface area contributed by atoms with Gasteiger partial charge in [-0.25, -0.2) is 9.97 Å². The molecule has 90 valence electrons. The van der Waals surface area contributed by atoms with Crippen molar-refractivity contribution in [1.82, 2.24) is 9.97 Å². The van der Waals surface area contributed by atoms with E-state index in [0.717, 1.165) is 23.8 Å². The lowest BCUT2D eigenvalue weighted by molar-refractivity contribution is 0.128. The first kappa shape index (κ1) is 12.9. The molecule has 4 heteroatoms. The van der Waals surface area contributed by atoms with Crippen LogP contribution in [0.15, 0.2) is 6.07 Å². The van der Waals surface area contributed by atoms with E-state index in [1.165, 1.54) is 0 Å². The van der Waals surface area contributed by atoms with Gasteiger partial charge in [0.25, 0.3) is 0 Å². The zero-order valence-corrected chi connectivity index (χ0v) is 10.6. The van der Waals surface area contributed by atoms with Crippen LogP contribution in [0.5, 0.6) is 0 Å². The Bertz CT molecular complexity index is 326. The summed E-state index contributed by atoms with van der Waals surface area (Å²) < 4.78 is 5.33. The van der Waals surface area contributed by atoms with Gasteiger partial charge in [-0.1, -0.05) is 13.8 Å². The molecule has 0 unspecified atom stereocenters. The highest BCUT2D eigenvalue weighted by Crippen LogP contribution is 2.11. The van der Waals surface area contributed by atoms with Crippen LogP contribution in [-0.4, -0.2) is 23.6 Å². The van der Waals surface area contributed by atoms with Crippen LogP contribution in [0.4, 0.5) is 5.82 Å². The second kappa shape index (κ2) is 6.43. The minimum absolute atomic E-state index is 0.483. The molecule has 0 aliphatic heterocycles. The quantitative estimate of drug-likeness (QED) is 0.803. The van der Waals surface area contributed by atoms with E-state index >= 15 is 0 Å². The topological polar surface area (TPSA) is 47.0 Å². The molecule has 1 rings (SSSR count).